The Morgan fingerprint density at radius 2 is 0.818 bits per heavy atom. The molecule has 4 aromatic heterocycles. The maximum absolute atomic E-state index is 5.27. The van der Waals surface area contributed by atoms with Crippen molar-refractivity contribution in [2.24, 2.45) is 0 Å². The molecule has 0 amide bonds. The lowest BCUT2D eigenvalue weighted by Gasteiger charge is -2.12. The lowest BCUT2D eigenvalue weighted by Crippen LogP contribution is -2.04. The molecule has 0 saturated heterocycles. The molecule has 0 radical (unpaired) electrons. The standard InChI is InChI=1S/C48H30N6S/c1-4-16-31(17-5-1)40-30-41(32-18-6-2-7-19-32)50-48(49-40)54-43-29-13-11-23-35(43)37-25-15-27-39(45(37)54)47-52-51-46(55-47)38-26-14-24-36-34-22-10-12-28-42(34)53(44(36)38)33-20-8-3-9-21-33/h1-30H. The van der Waals surface area contributed by atoms with Crippen LogP contribution in [-0.2, 0) is 0 Å². The van der Waals surface area contributed by atoms with Crippen molar-refractivity contribution in [3.8, 4) is 55.3 Å². The van der Waals surface area contributed by atoms with Crippen molar-refractivity contribution in [2.45, 2.75) is 0 Å². The number of hydrogen-bond donors (Lipinski definition) is 0. The first-order chi connectivity index (χ1) is 27.3. The number of fused-ring (bicyclic) bond motifs is 6. The Morgan fingerprint density at radius 1 is 0.382 bits per heavy atom. The Bertz CT molecular complexity index is 3140. The zero-order valence-electron chi connectivity index (χ0n) is 29.4. The van der Waals surface area contributed by atoms with E-state index in [2.05, 4.69) is 155 Å². The second kappa shape index (κ2) is 12.7. The van der Waals surface area contributed by atoms with E-state index < -0.39 is 0 Å². The SMILES string of the molecule is c1ccc(-c2cc(-c3ccccc3)nc(-n3c4ccccc4c4cccc(-c5nnc(-c6cccc7c8ccccc8n(-c8ccccc8)c67)s5)c43)n2)cc1. The van der Waals surface area contributed by atoms with Crippen LogP contribution in [0.2, 0.25) is 0 Å². The smallest absolute Gasteiger partial charge is 0.235 e. The van der Waals surface area contributed by atoms with Crippen LogP contribution >= 0.6 is 11.3 Å². The minimum Gasteiger partial charge on any atom is -0.309 e. The summed E-state index contributed by atoms with van der Waals surface area (Å²) in [7, 11) is 0. The molecule has 7 heteroatoms. The molecule has 0 aliphatic rings. The Balaban J connectivity index is 1.15. The van der Waals surface area contributed by atoms with Crippen molar-refractivity contribution >= 4 is 54.9 Å². The molecule has 0 aliphatic carbocycles. The highest BCUT2D eigenvalue weighted by atomic mass is 32.1. The minimum atomic E-state index is 0.598. The molecule has 0 spiro atoms. The van der Waals surface area contributed by atoms with E-state index in [-0.39, 0.29) is 0 Å². The van der Waals surface area contributed by atoms with Crippen LogP contribution in [0.15, 0.2) is 182 Å². The average Bonchev–Trinajstić information content (AvgIpc) is 3.98. The zero-order valence-corrected chi connectivity index (χ0v) is 30.2. The average molecular weight is 723 g/mol. The molecule has 11 aromatic rings. The second-order valence-corrected chi connectivity index (χ2v) is 14.5. The number of aromatic nitrogens is 6. The molecule has 0 saturated carbocycles. The van der Waals surface area contributed by atoms with E-state index in [9.17, 15) is 0 Å². The first kappa shape index (κ1) is 31.3. The number of nitrogens with zero attached hydrogens (tertiary/aromatic N) is 6. The summed E-state index contributed by atoms with van der Waals surface area (Å²) in [6.45, 7) is 0. The normalized spacial score (nSPS) is 11.6. The quantitative estimate of drug-likeness (QED) is 0.171. The predicted octanol–water partition coefficient (Wildman–Crippen LogP) is 12.2. The Labute approximate surface area is 320 Å². The van der Waals surface area contributed by atoms with Crippen LogP contribution in [-0.4, -0.2) is 29.3 Å². The lowest BCUT2D eigenvalue weighted by atomic mass is 10.1. The van der Waals surface area contributed by atoms with Gasteiger partial charge in [-0.3, -0.25) is 4.57 Å². The number of para-hydroxylation sites is 5. The van der Waals surface area contributed by atoms with Crippen LogP contribution in [0.1, 0.15) is 0 Å². The lowest BCUT2D eigenvalue weighted by molar-refractivity contribution is 0.995. The highest BCUT2D eigenvalue weighted by Gasteiger charge is 2.23. The molecule has 0 fully saturated rings. The van der Waals surface area contributed by atoms with Gasteiger partial charge in [0.05, 0.1) is 33.5 Å². The van der Waals surface area contributed by atoms with Gasteiger partial charge in [-0.1, -0.05) is 151 Å². The Kier molecular flexibility index (Phi) is 7.25. The van der Waals surface area contributed by atoms with Gasteiger partial charge >= 0.3 is 0 Å². The summed E-state index contributed by atoms with van der Waals surface area (Å²) in [5.74, 6) is 0.598. The summed E-state index contributed by atoms with van der Waals surface area (Å²) >= 11 is 1.61. The van der Waals surface area contributed by atoms with Crippen molar-refractivity contribution < 1.29 is 0 Å². The third-order valence-electron chi connectivity index (χ3n) is 10.3. The molecule has 4 heterocycles. The summed E-state index contributed by atoms with van der Waals surface area (Å²) < 4.78 is 4.55. The van der Waals surface area contributed by atoms with Crippen molar-refractivity contribution in [2.75, 3.05) is 0 Å². The van der Waals surface area contributed by atoms with Gasteiger partial charge in [-0.05, 0) is 42.5 Å². The van der Waals surface area contributed by atoms with E-state index in [0.717, 1.165) is 82.2 Å². The largest absolute Gasteiger partial charge is 0.309 e. The fraction of sp³-hybridized carbons (Fsp3) is 0. The maximum atomic E-state index is 5.27. The molecular formula is C48H30N6S. The van der Waals surface area contributed by atoms with Crippen LogP contribution in [0.5, 0.6) is 0 Å². The molecule has 0 bridgehead atoms. The van der Waals surface area contributed by atoms with E-state index in [1.165, 1.54) is 10.8 Å². The van der Waals surface area contributed by atoms with Crippen molar-refractivity contribution in [1.82, 2.24) is 29.3 Å². The van der Waals surface area contributed by atoms with Gasteiger partial charge in [0, 0.05) is 49.5 Å². The van der Waals surface area contributed by atoms with Gasteiger partial charge in [0.2, 0.25) is 5.95 Å². The molecule has 0 N–H and O–H groups in total. The number of rotatable bonds is 6. The van der Waals surface area contributed by atoms with Gasteiger partial charge in [-0.2, -0.15) is 0 Å². The number of hydrogen-bond acceptors (Lipinski definition) is 5. The summed E-state index contributed by atoms with van der Waals surface area (Å²) in [4.78, 5) is 10.5. The second-order valence-electron chi connectivity index (χ2n) is 13.5. The monoisotopic (exact) mass is 722 g/mol. The topological polar surface area (TPSA) is 61.4 Å². The van der Waals surface area contributed by atoms with E-state index in [1.807, 2.05) is 36.4 Å². The van der Waals surface area contributed by atoms with Gasteiger partial charge in [0.1, 0.15) is 10.0 Å². The maximum Gasteiger partial charge on any atom is 0.235 e. The molecule has 7 aromatic carbocycles. The van der Waals surface area contributed by atoms with Crippen LogP contribution in [0.3, 0.4) is 0 Å². The van der Waals surface area contributed by atoms with Gasteiger partial charge in [0.15, 0.2) is 0 Å². The first-order valence-corrected chi connectivity index (χ1v) is 19.1. The third-order valence-corrected chi connectivity index (χ3v) is 11.3. The Morgan fingerprint density at radius 3 is 1.36 bits per heavy atom. The van der Waals surface area contributed by atoms with Gasteiger partial charge in [-0.15, -0.1) is 10.2 Å². The summed E-state index contributed by atoms with van der Waals surface area (Å²) in [6, 6.07) is 63.3. The molecule has 6 nitrogen and oxygen atoms in total. The fourth-order valence-corrected chi connectivity index (χ4v) is 8.82. The summed E-state index contributed by atoms with van der Waals surface area (Å²) in [5.41, 5.74) is 11.2. The van der Waals surface area contributed by atoms with Crippen LogP contribution in [0.25, 0.3) is 98.9 Å². The van der Waals surface area contributed by atoms with Crippen molar-refractivity contribution in [3.05, 3.63) is 182 Å². The van der Waals surface area contributed by atoms with E-state index in [1.54, 1.807) is 11.3 Å². The third kappa shape index (κ3) is 5.09. The first-order valence-electron chi connectivity index (χ1n) is 18.2. The molecule has 55 heavy (non-hydrogen) atoms. The van der Waals surface area contributed by atoms with Gasteiger partial charge < -0.3 is 4.57 Å². The minimum absolute atomic E-state index is 0.598. The van der Waals surface area contributed by atoms with E-state index in [4.69, 9.17) is 20.2 Å². The van der Waals surface area contributed by atoms with E-state index in [0.29, 0.717) is 5.95 Å². The van der Waals surface area contributed by atoms with Gasteiger partial charge in [-0.25, -0.2) is 9.97 Å². The molecule has 11 rings (SSSR count). The summed E-state index contributed by atoms with van der Waals surface area (Å²) in [6.07, 6.45) is 0. The molecular weight excluding hydrogens is 693 g/mol. The fourth-order valence-electron chi connectivity index (χ4n) is 7.92. The van der Waals surface area contributed by atoms with Crippen LogP contribution in [0.4, 0.5) is 0 Å². The number of benzene rings is 7. The van der Waals surface area contributed by atoms with Gasteiger partial charge in [0.25, 0.3) is 0 Å². The predicted molar refractivity (Wildman–Crippen MR) is 226 cm³/mol. The molecule has 0 unspecified atom stereocenters. The zero-order chi connectivity index (χ0) is 36.3. The Hall–Kier alpha value is -7.22. The van der Waals surface area contributed by atoms with Crippen molar-refractivity contribution in [3.63, 3.8) is 0 Å². The van der Waals surface area contributed by atoms with Crippen LogP contribution < -0.4 is 0 Å². The van der Waals surface area contributed by atoms with E-state index >= 15 is 0 Å². The highest BCUT2D eigenvalue weighted by molar-refractivity contribution is 7.18. The molecule has 0 atom stereocenters. The highest BCUT2D eigenvalue weighted by Crippen LogP contribution is 2.43. The molecule has 258 valence electrons. The van der Waals surface area contributed by atoms with Crippen LogP contribution in [0, 0.1) is 0 Å². The summed E-state index contributed by atoms with van der Waals surface area (Å²) in [5, 5.41) is 16.1. The van der Waals surface area contributed by atoms with Crippen molar-refractivity contribution in [1.29, 1.82) is 0 Å². The molecule has 0 aliphatic heterocycles.